The molecule has 0 spiro atoms. The lowest BCUT2D eigenvalue weighted by Gasteiger charge is -2.28. The first-order valence-corrected chi connectivity index (χ1v) is 10.0. The fourth-order valence-electron chi connectivity index (χ4n) is 3.58. The van der Waals surface area contributed by atoms with Gasteiger partial charge in [-0.3, -0.25) is 5.10 Å². The molecule has 2 aromatic rings. The van der Waals surface area contributed by atoms with Crippen LogP contribution in [0.4, 0.5) is 10.2 Å². The number of aromatic amines is 1. The monoisotopic (exact) mass is 362 g/mol. The quantitative estimate of drug-likeness (QED) is 0.668. The summed E-state index contributed by atoms with van der Waals surface area (Å²) in [6.07, 6.45) is 8.16. The van der Waals surface area contributed by atoms with Gasteiger partial charge in [0.2, 0.25) is 0 Å². The van der Waals surface area contributed by atoms with E-state index in [2.05, 4.69) is 32.0 Å². The Labute approximate surface area is 154 Å². The third kappa shape index (κ3) is 4.90. The van der Waals surface area contributed by atoms with Crippen molar-refractivity contribution in [2.75, 3.05) is 25.4 Å². The van der Waals surface area contributed by atoms with E-state index >= 15 is 0 Å². The Hall–Kier alpha value is -1.76. The second-order valence-electron chi connectivity index (χ2n) is 7.35. The number of piperidine rings is 1. The van der Waals surface area contributed by atoms with Crippen LogP contribution in [0.15, 0.2) is 0 Å². The summed E-state index contributed by atoms with van der Waals surface area (Å²) in [4.78, 5) is 11.4. The van der Waals surface area contributed by atoms with Crippen LogP contribution < -0.4 is 5.73 Å². The minimum Gasteiger partial charge on any atom is -0.382 e. The Morgan fingerprint density at radius 2 is 1.88 bits per heavy atom. The Morgan fingerprint density at radius 1 is 1.08 bits per heavy atom. The Kier molecular flexibility index (Phi) is 6.77. The number of unbranched alkanes of at least 4 members (excludes halogenated alkanes) is 3. The molecule has 144 valence electrons. The maximum atomic E-state index is 13.2. The van der Waals surface area contributed by atoms with Crippen molar-refractivity contribution in [3.63, 3.8) is 0 Å². The summed E-state index contributed by atoms with van der Waals surface area (Å²) in [5, 5.41) is 7.40. The van der Waals surface area contributed by atoms with Gasteiger partial charge in [0.05, 0.1) is 5.69 Å². The minimum atomic E-state index is -0.587. The van der Waals surface area contributed by atoms with Crippen LogP contribution in [0.2, 0.25) is 0 Å². The second kappa shape index (κ2) is 9.26. The van der Waals surface area contributed by atoms with Gasteiger partial charge in [-0.25, -0.2) is 14.4 Å². The number of nitrogens with two attached hydrogens (primary N) is 1. The summed E-state index contributed by atoms with van der Waals surface area (Å²) < 4.78 is 13.2. The smallest absolute Gasteiger partial charge is 0.155 e. The van der Waals surface area contributed by atoms with E-state index in [9.17, 15) is 4.39 Å². The number of alkyl halides is 1. The molecule has 0 saturated carbocycles. The number of aromatic nitrogens is 4. The van der Waals surface area contributed by atoms with Crippen LogP contribution in [-0.4, -0.2) is 50.9 Å². The average molecular weight is 362 g/mol. The number of likely N-dealkylation sites (tertiary alicyclic amines) is 1. The zero-order chi connectivity index (χ0) is 18.4. The second-order valence-corrected chi connectivity index (χ2v) is 7.35. The highest BCUT2D eigenvalue weighted by molar-refractivity contribution is 5.85. The van der Waals surface area contributed by atoms with E-state index in [0.29, 0.717) is 24.2 Å². The molecule has 0 bridgehead atoms. The van der Waals surface area contributed by atoms with Crippen molar-refractivity contribution < 1.29 is 4.39 Å². The van der Waals surface area contributed by atoms with Gasteiger partial charge < -0.3 is 10.6 Å². The van der Waals surface area contributed by atoms with Gasteiger partial charge in [-0.15, -0.1) is 0 Å². The highest BCUT2D eigenvalue weighted by Crippen LogP contribution is 2.21. The molecule has 0 amide bonds. The summed E-state index contributed by atoms with van der Waals surface area (Å²) in [5.41, 5.74) is 8.68. The van der Waals surface area contributed by atoms with Gasteiger partial charge in [-0.05, 0) is 45.1 Å². The van der Waals surface area contributed by atoms with Crippen LogP contribution in [0, 0.1) is 0 Å². The van der Waals surface area contributed by atoms with Gasteiger partial charge in [0.25, 0.3) is 0 Å². The molecule has 0 unspecified atom stereocenters. The largest absolute Gasteiger partial charge is 0.382 e. The first kappa shape index (κ1) is 19.0. The van der Waals surface area contributed by atoms with Crippen LogP contribution >= 0.6 is 0 Å². The van der Waals surface area contributed by atoms with Crippen molar-refractivity contribution in [2.45, 2.75) is 70.9 Å². The highest BCUT2D eigenvalue weighted by Gasteiger charge is 2.17. The van der Waals surface area contributed by atoms with Gasteiger partial charge in [0, 0.05) is 19.5 Å². The van der Waals surface area contributed by atoms with Crippen molar-refractivity contribution in [1.29, 1.82) is 0 Å². The molecular formula is C19H31FN6. The van der Waals surface area contributed by atoms with E-state index in [0.717, 1.165) is 81.6 Å². The van der Waals surface area contributed by atoms with Crippen LogP contribution in [0.25, 0.3) is 11.0 Å². The van der Waals surface area contributed by atoms with E-state index < -0.39 is 6.17 Å². The molecule has 0 atom stereocenters. The summed E-state index contributed by atoms with van der Waals surface area (Å²) in [5.74, 6) is 1.29. The van der Waals surface area contributed by atoms with Gasteiger partial charge in [-0.2, -0.15) is 5.10 Å². The summed E-state index contributed by atoms with van der Waals surface area (Å²) in [7, 11) is 0. The standard InChI is InChI=1S/C19H31FN6/c1-2-3-8-16-22-17-15(24-25-18(17)19(21)23-16)7-5-4-6-11-26-12-9-14(20)10-13-26/h14H,2-13H2,1H3,(H,24,25)(H2,21,22,23). The number of nitrogens with zero attached hydrogens (tertiary/aromatic N) is 4. The molecule has 3 heterocycles. The molecule has 0 aliphatic carbocycles. The van der Waals surface area contributed by atoms with E-state index in [1.165, 1.54) is 0 Å². The fourth-order valence-corrected chi connectivity index (χ4v) is 3.58. The molecule has 7 heteroatoms. The number of halogens is 1. The van der Waals surface area contributed by atoms with Crippen molar-refractivity contribution in [3.8, 4) is 0 Å². The molecule has 26 heavy (non-hydrogen) atoms. The number of nitrogens with one attached hydrogen (secondary N) is 1. The molecule has 1 fully saturated rings. The molecule has 0 aromatic carbocycles. The Morgan fingerprint density at radius 3 is 2.65 bits per heavy atom. The van der Waals surface area contributed by atoms with E-state index in [-0.39, 0.29) is 0 Å². The van der Waals surface area contributed by atoms with Crippen molar-refractivity contribution >= 4 is 16.9 Å². The zero-order valence-electron chi connectivity index (χ0n) is 15.8. The van der Waals surface area contributed by atoms with Crippen molar-refractivity contribution in [2.24, 2.45) is 0 Å². The molecule has 2 aromatic heterocycles. The number of rotatable bonds is 9. The van der Waals surface area contributed by atoms with E-state index in [4.69, 9.17) is 5.73 Å². The lowest BCUT2D eigenvalue weighted by Crippen LogP contribution is -2.35. The number of nitrogen functional groups attached to an aromatic ring is 1. The SMILES string of the molecule is CCCCc1nc(N)c2n[nH]c(CCCCCN3CCC(F)CC3)c2n1. The minimum absolute atomic E-state index is 0.472. The summed E-state index contributed by atoms with van der Waals surface area (Å²) in [6.45, 7) is 5.05. The molecule has 3 N–H and O–H groups in total. The molecule has 0 radical (unpaired) electrons. The van der Waals surface area contributed by atoms with Gasteiger partial charge >= 0.3 is 0 Å². The van der Waals surface area contributed by atoms with Gasteiger partial charge in [-0.1, -0.05) is 19.8 Å². The fraction of sp³-hybridized carbons (Fsp3) is 0.737. The average Bonchev–Trinajstić information content (AvgIpc) is 3.05. The third-order valence-corrected chi connectivity index (χ3v) is 5.22. The van der Waals surface area contributed by atoms with Crippen molar-refractivity contribution in [1.82, 2.24) is 25.1 Å². The molecule has 3 rings (SSSR count). The first-order valence-electron chi connectivity index (χ1n) is 10.0. The molecule has 1 saturated heterocycles. The van der Waals surface area contributed by atoms with Crippen LogP contribution in [0.5, 0.6) is 0 Å². The van der Waals surface area contributed by atoms with Crippen molar-refractivity contribution in [3.05, 3.63) is 11.5 Å². The molecule has 6 nitrogen and oxygen atoms in total. The molecular weight excluding hydrogens is 331 g/mol. The van der Waals surface area contributed by atoms with Gasteiger partial charge in [0.1, 0.15) is 17.5 Å². The van der Waals surface area contributed by atoms with Gasteiger partial charge in [0.15, 0.2) is 11.3 Å². The van der Waals surface area contributed by atoms with Crippen LogP contribution in [0.3, 0.4) is 0 Å². The zero-order valence-corrected chi connectivity index (χ0v) is 15.8. The predicted octanol–water partition coefficient (Wildman–Crippen LogP) is 3.42. The molecule has 1 aliphatic heterocycles. The number of hydrogen-bond acceptors (Lipinski definition) is 5. The summed E-state index contributed by atoms with van der Waals surface area (Å²) in [6, 6.07) is 0. The number of fused-ring (bicyclic) bond motifs is 1. The maximum absolute atomic E-state index is 13.2. The summed E-state index contributed by atoms with van der Waals surface area (Å²) >= 11 is 0. The maximum Gasteiger partial charge on any atom is 0.155 e. The number of hydrogen-bond donors (Lipinski definition) is 2. The number of H-pyrrole nitrogens is 1. The predicted molar refractivity (Wildman–Crippen MR) is 103 cm³/mol. The third-order valence-electron chi connectivity index (χ3n) is 5.22. The normalized spacial score (nSPS) is 16.5. The highest BCUT2D eigenvalue weighted by atomic mass is 19.1. The van der Waals surface area contributed by atoms with Crippen LogP contribution in [0.1, 0.15) is 63.4 Å². The lowest BCUT2D eigenvalue weighted by atomic mass is 10.1. The topological polar surface area (TPSA) is 83.7 Å². The number of aryl methyl sites for hydroxylation is 2. The van der Waals surface area contributed by atoms with Crippen LogP contribution in [-0.2, 0) is 12.8 Å². The van der Waals surface area contributed by atoms with E-state index in [1.54, 1.807) is 0 Å². The Balaban J connectivity index is 1.48. The first-order chi connectivity index (χ1) is 12.7. The lowest BCUT2D eigenvalue weighted by molar-refractivity contribution is 0.149. The number of anilines is 1. The van der Waals surface area contributed by atoms with E-state index in [1.807, 2.05) is 0 Å². The Bertz CT molecular complexity index is 693. The molecule has 1 aliphatic rings.